The first-order valence-electron chi connectivity index (χ1n) is 6.60. The number of carbonyl (C=O) groups is 1. The molecule has 1 fully saturated rings. The van der Waals surface area contributed by atoms with Gasteiger partial charge in [0.05, 0.1) is 0 Å². The highest BCUT2D eigenvalue weighted by atomic mass is 16.2. The standard InChI is InChI=1S/C13H26N2O/c1-4-6-7-8-12(16)15-10-13(5-2,11-15)9-14-3/h14H,4-11H2,1-3H3. The lowest BCUT2D eigenvalue weighted by Crippen LogP contribution is -2.61. The van der Waals surface area contributed by atoms with Crippen LogP contribution in [0.2, 0.25) is 0 Å². The number of carbonyl (C=O) groups excluding carboxylic acids is 1. The molecule has 16 heavy (non-hydrogen) atoms. The molecule has 0 aromatic rings. The van der Waals surface area contributed by atoms with Crippen LogP contribution in [0, 0.1) is 5.41 Å². The zero-order valence-corrected chi connectivity index (χ0v) is 11.0. The second-order valence-electron chi connectivity index (χ2n) is 5.09. The topological polar surface area (TPSA) is 32.3 Å². The van der Waals surface area contributed by atoms with Crippen LogP contribution in [0.3, 0.4) is 0 Å². The van der Waals surface area contributed by atoms with Gasteiger partial charge in [0.15, 0.2) is 0 Å². The minimum atomic E-state index is 0.355. The van der Waals surface area contributed by atoms with E-state index in [1.165, 1.54) is 12.8 Å². The first kappa shape index (κ1) is 13.5. The van der Waals surface area contributed by atoms with Gasteiger partial charge in [0.2, 0.25) is 5.91 Å². The van der Waals surface area contributed by atoms with E-state index in [1.54, 1.807) is 0 Å². The van der Waals surface area contributed by atoms with Gasteiger partial charge in [-0.1, -0.05) is 26.7 Å². The number of amides is 1. The molecule has 94 valence electrons. The SMILES string of the molecule is CCCCCC(=O)N1CC(CC)(CNC)C1. The zero-order chi connectivity index (χ0) is 12.0. The normalized spacial score (nSPS) is 18.3. The molecule has 1 heterocycles. The third-order valence-corrected chi connectivity index (χ3v) is 3.70. The summed E-state index contributed by atoms with van der Waals surface area (Å²) in [5, 5.41) is 3.24. The van der Waals surface area contributed by atoms with E-state index in [0.29, 0.717) is 11.3 Å². The van der Waals surface area contributed by atoms with Gasteiger partial charge in [-0.25, -0.2) is 0 Å². The van der Waals surface area contributed by atoms with Crippen LogP contribution in [0.5, 0.6) is 0 Å². The Bertz CT molecular complexity index is 222. The highest BCUT2D eigenvalue weighted by Crippen LogP contribution is 2.33. The highest BCUT2D eigenvalue weighted by Gasteiger charge is 2.42. The lowest BCUT2D eigenvalue weighted by Gasteiger charge is -2.50. The van der Waals surface area contributed by atoms with E-state index < -0.39 is 0 Å². The molecule has 0 aromatic carbocycles. The summed E-state index contributed by atoms with van der Waals surface area (Å²) in [6, 6.07) is 0. The van der Waals surface area contributed by atoms with Crippen molar-refractivity contribution >= 4 is 5.91 Å². The molecule has 1 aliphatic heterocycles. The molecule has 3 nitrogen and oxygen atoms in total. The van der Waals surface area contributed by atoms with Gasteiger partial charge in [0.1, 0.15) is 0 Å². The summed E-state index contributed by atoms with van der Waals surface area (Å²) in [6.45, 7) is 7.33. The molecule has 0 unspecified atom stereocenters. The van der Waals surface area contributed by atoms with Gasteiger partial charge in [-0.05, 0) is 19.9 Å². The molecule has 1 rings (SSSR count). The highest BCUT2D eigenvalue weighted by molar-refractivity contribution is 5.77. The second-order valence-corrected chi connectivity index (χ2v) is 5.09. The number of hydrogen-bond acceptors (Lipinski definition) is 2. The first-order chi connectivity index (χ1) is 7.67. The van der Waals surface area contributed by atoms with E-state index in [0.717, 1.165) is 38.9 Å². The summed E-state index contributed by atoms with van der Waals surface area (Å²) in [4.78, 5) is 13.8. The van der Waals surface area contributed by atoms with Gasteiger partial charge in [-0.2, -0.15) is 0 Å². The number of likely N-dealkylation sites (tertiary alicyclic amines) is 1. The summed E-state index contributed by atoms with van der Waals surface area (Å²) >= 11 is 0. The van der Waals surface area contributed by atoms with Gasteiger partial charge < -0.3 is 10.2 Å². The summed E-state index contributed by atoms with van der Waals surface area (Å²) in [5.74, 6) is 0.355. The van der Waals surface area contributed by atoms with Crippen LogP contribution in [0.1, 0.15) is 46.0 Å². The number of nitrogens with one attached hydrogen (secondary N) is 1. The molecule has 0 saturated carbocycles. The molecule has 0 radical (unpaired) electrons. The molecular weight excluding hydrogens is 200 g/mol. The van der Waals surface area contributed by atoms with Crippen LogP contribution in [0.25, 0.3) is 0 Å². The van der Waals surface area contributed by atoms with Crippen LogP contribution in [0.15, 0.2) is 0 Å². The predicted molar refractivity (Wildman–Crippen MR) is 67.4 cm³/mol. The van der Waals surface area contributed by atoms with Crippen LogP contribution in [-0.4, -0.2) is 37.5 Å². The van der Waals surface area contributed by atoms with Crippen LogP contribution in [-0.2, 0) is 4.79 Å². The molecule has 0 aromatic heterocycles. The van der Waals surface area contributed by atoms with Gasteiger partial charge in [-0.15, -0.1) is 0 Å². The smallest absolute Gasteiger partial charge is 0.222 e. The van der Waals surface area contributed by atoms with Crippen molar-refractivity contribution in [1.82, 2.24) is 10.2 Å². The lowest BCUT2D eigenvalue weighted by atomic mass is 9.77. The molecule has 0 bridgehead atoms. The molecule has 1 amide bonds. The van der Waals surface area contributed by atoms with Gasteiger partial charge >= 0.3 is 0 Å². The summed E-state index contributed by atoms with van der Waals surface area (Å²) in [7, 11) is 1.99. The fourth-order valence-electron chi connectivity index (χ4n) is 2.46. The van der Waals surface area contributed by atoms with E-state index in [1.807, 2.05) is 11.9 Å². The molecule has 0 aliphatic carbocycles. The Kier molecular flexibility index (Phi) is 5.26. The summed E-state index contributed by atoms with van der Waals surface area (Å²) < 4.78 is 0. The van der Waals surface area contributed by atoms with Crippen molar-refractivity contribution in [2.75, 3.05) is 26.7 Å². The Morgan fingerprint density at radius 3 is 2.50 bits per heavy atom. The molecule has 1 saturated heterocycles. The Morgan fingerprint density at radius 2 is 2.00 bits per heavy atom. The van der Waals surface area contributed by atoms with E-state index in [-0.39, 0.29) is 0 Å². The Balaban J connectivity index is 2.25. The summed E-state index contributed by atoms with van der Waals surface area (Å²) in [6.07, 6.45) is 5.32. The first-order valence-corrected chi connectivity index (χ1v) is 6.60. The number of unbranched alkanes of at least 4 members (excludes halogenated alkanes) is 2. The van der Waals surface area contributed by atoms with Gasteiger partial charge in [0.25, 0.3) is 0 Å². The van der Waals surface area contributed by atoms with E-state index in [2.05, 4.69) is 19.2 Å². The van der Waals surface area contributed by atoms with Crippen molar-refractivity contribution in [3.63, 3.8) is 0 Å². The Morgan fingerprint density at radius 1 is 1.31 bits per heavy atom. The second kappa shape index (κ2) is 6.24. The van der Waals surface area contributed by atoms with Crippen LogP contribution < -0.4 is 5.32 Å². The maximum atomic E-state index is 11.8. The lowest BCUT2D eigenvalue weighted by molar-refractivity contribution is -0.143. The van der Waals surface area contributed by atoms with Gasteiger partial charge in [0, 0.05) is 31.5 Å². The van der Waals surface area contributed by atoms with E-state index in [4.69, 9.17) is 0 Å². The summed E-state index contributed by atoms with van der Waals surface area (Å²) in [5.41, 5.74) is 0.356. The average Bonchev–Trinajstić information content (AvgIpc) is 2.23. The number of hydrogen-bond donors (Lipinski definition) is 1. The average molecular weight is 226 g/mol. The largest absolute Gasteiger partial charge is 0.341 e. The van der Waals surface area contributed by atoms with Crippen molar-refractivity contribution in [3.8, 4) is 0 Å². The van der Waals surface area contributed by atoms with Crippen molar-refractivity contribution < 1.29 is 4.79 Å². The Labute approximate surface area is 99.6 Å². The maximum Gasteiger partial charge on any atom is 0.222 e. The molecule has 1 N–H and O–H groups in total. The van der Waals surface area contributed by atoms with E-state index >= 15 is 0 Å². The van der Waals surface area contributed by atoms with Crippen LogP contribution >= 0.6 is 0 Å². The quantitative estimate of drug-likeness (QED) is 0.674. The van der Waals surface area contributed by atoms with Crippen molar-refractivity contribution in [3.05, 3.63) is 0 Å². The third-order valence-electron chi connectivity index (χ3n) is 3.70. The molecule has 0 atom stereocenters. The monoisotopic (exact) mass is 226 g/mol. The molecule has 1 aliphatic rings. The van der Waals surface area contributed by atoms with Crippen molar-refractivity contribution in [2.45, 2.75) is 46.0 Å². The minimum Gasteiger partial charge on any atom is -0.341 e. The molecule has 0 spiro atoms. The van der Waals surface area contributed by atoms with Crippen LogP contribution in [0.4, 0.5) is 0 Å². The minimum absolute atomic E-state index is 0.355. The fourth-order valence-corrected chi connectivity index (χ4v) is 2.46. The van der Waals surface area contributed by atoms with Crippen molar-refractivity contribution in [1.29, 1.82) is 0 Å². The third kappa shape index (κ3) is 3.21. The number of rotatable bonds is 7. The maximum absolute atomic E-state index is 11.8. The van der Waals surface area contributed by atoms with Crippen molar-refractivity contribution in [2.24, 2.45) is 5.41 Å². The van der Waals surface area contributed by atoms with E-state index in [9.17, 15) is 4.79 Å². The molecule has 3 heteroatoms. The zero-order valence-electron chi connectivity index (χ0n) is 11.0. The predicted octanol–water partition coefficient (Wildman–Crippen LogP) is 2.02. The molecular formula is C13H26N2O. The number of nitrogens with zero attached hydrogens (tertiary/aromatic N) is 1. The Hall–Kier alpha value is -0.570. The fraction of sp³-hybridized carbons (Fsp3) is 0.923. The van der Waals surface area contributed by atoms with Gasteiger partial charge in [-0.3, -0.25) is 4.79 Å².